The highest BCUT2D eigenvalue weighted by molar-refractivity contribution is 5.77. The van der Waals surface area contributed by atoms with Crippen molar-refractivity contribution in [1.82, 2.24) is 10.6 Å². The monoisotopic (exact) mass is 251 g/mol. The van der Waals surface area contributed by atoms with Crippen LogP contribution in [0.5, 0.6) is 0 Å². The smallest absolute Gasteiger partial charge is 0.269 e. The van der Waals surface area contributed by atoms with Crippen molar-refractivity contribution in [3.8, 4) is 0 Å². The summed E-state index contributed by atoms with van der Waals surface area (Å²) in [4.78, 5) is 21.2. The number of nitro groups is 1. The van der Waals surface area contributed by atoms with Crippen LogP contribution in [0.4, 0.5) is 5.69 Å². The summed E-state index contributed by atoms with van der Waals surface area (Å²) in [7, 11) is 0. The van der Waals surface area contributed by atoms with Crippen molar-refractivity contribution in [2.24, 2.45) is 0 Å². The highest BCUT2D eigenvalue weighted by Gasteiger charge is 2.03. The van der Waals surface area contributed by atoms with E-state index >= 15 is 0 Å². The van der Waals surface area contributed by atoms with Crippen molar-refractivity contribution >= 4 is 11.6 Å². The largest absolute Gasteiger partial charge is 0.355 e. The molecule has 2 N–H and O–H groups in total. The molecule has 1 amide bonds. The van der Waals surface area contributed by atoms with Gasteiger partial charge >= 0.3 is 0 Å². The van der Waals surface area contributed by atoms with Gasteiger partial charge in [-0.3, -0.25) is 14.9 Å². The first-order valence-electron chi connectivity index (χ1n) is 5.84. The van der Waals surface area contributed by atoms with Crippen molar-refractivity contribution in [3.05, 3.63) is 39.9 Å². The quantitative estimate of drug-likeness (QED) is 0.427. The van der Waals surface area contributed by atoms with E-state index in [1.165, 1.54) is 12.1 Å². The average Bonchev–Trinajstić information content (AvgIpc) is 2.35. The molecule has 98 valence electrons. The summed E-state index contributed by atoms with van der Waals surface area (Å²) >= 11 is 0. The molecule has 0 heterocycles. The molecule has 0 saturated heterocycles. The molecular weight excluding hydrogens is 234 g/mol. The number of hydrogen-bond acceptors (Lipinski definition) is 4. The van der Waals surface area contributed by atoms with E-state index in [1.54, 1.807) is 12.1 Å². The van der Waals surface area contributed by atoms with Crippen LogP contribution in [0.25, 0.3) is 0 Å². The minimum atomic E-state index is -0.420. The number of nitrogens with zero attached hydrogens (tertiary/aromatic N) is 1. The number of likely N-dealkylation sites (N-methyl/N-ethyl adjacent to an activating group) is 1. The second-order valence-electron chi connectivity index (χ2n) is 3.80. The number of nitro benzene ring substituents is 1. The van der Waals surface area contributed by atoms with Crippen LogP contribution in [-0.2, 0) is 11.2 Å². The Morgan fingerprint density at radius 2 is 2.00 bits per heavy atom. The van der Waals surface area contributed by atoms with Crippen molar-refractivity contribution in [3.63, 3.8) is 0 Å². The summed E-state index contributed by atoms with van der Waals surface area (Å²) in [5, 5.41) is 16.2. The standard InChI is InChI=1S/C12H17N3O3/c1-2-14-12(16)9-13-8-7-10-3-5-11(6-4-10)15(17)18/h3-6,13H,2,7-9H2,1H3,(H,14,16). The molecule has 1 aromatic carbocycles. The lowest BCUT2D eigenvalue weighted by Gasteiger charge is -2.05. The highest BCUT2D eigenvalue weighted by atomic mass is 16.6. The highest BCUT2D eigenvalue weighted by Crippen LogP contribution is 2.11. The molecule has 0 aromatic heterocycles. The van der Waals surface area contributed by atoms with E-state index in [-0.39, 0.29) is 11.6 Å². The number of nitrogens with one attached hydrogen (secondary N) is 2. The SMILES string of the molecule is CCNC(=O)CNCCc1ccc([N+](=O)[O-])cc1. The van der Waals surface area contributed by atoms with Gasteiger partial charge in [0, 0.05) is 18.7 Å². The van der Waals surface area contributed by atoms with Gasteiger partial charge in [0.05, 0.1) is 11.5 Å². The summed E-state index contributed by atoms with van der Waals surface area (Å²) in [5.74, 6) is -0.0267. The lowest BCUT2D eigenvalue weighted by Crippen LogP contribution is -2.34. The first kappa shape index (κ1) is 14.1. The number of amides is 1. The third-order valence-corrected chi connectivity index (χ3v) is 2.40. The van der Waals surface area contributed by atoms with E-state index in [1.807, 2.05) is 6.92 Å². The Kier molecular flexibility index (Phi) is 5.79. The molecule has 0 aliphatic carbocycles. The van der Waals surface area contributed by atoms with Crippen LogP contribution in [0.2, 0.25) is 0 Å². The molecule has 0 fully saturated rings. The molecule has 0 aliphatic heterocycles. The summed E-state index contributed by atoms with van der Waals surface area (Å²) in [6, 6.07) is 6.43. The summed E-state index contributed by atoms with van der Waals surface area (Å²) in [6.45, 7) is 3.45. The van der Waals surface area contributed by atoms with Crippen LogP contribution in [0, 0.1) is 10.1 Å². The van der Waals surface area contributed by atoms with E-state index in [9.17, 15) is 14.9 Å². The molecule has 0 aliphatic rings. The third kappa shape index (κ3) is 4.92. The molecule has 1 rings (SSSR count). The maximum atomic E-state index is 11.1. The Morgan fingerprint density at radius 3 is 2.56 bits per heavy atom. The van der Waals surface area contributed by atoms with Crippen molar-refractivity contribution in [2.75, 3.05) is 19.6 Å². The van der Waals surface area contributed by atoms with Gasteiger partial charge in [-0.25, -0.2) is 0 Å². The fourth-order valence-corrected chi connectivity index (χ4v) is 1.48. The molecule has 0 radical (unpaired) electrons. The maximum absolute atomic E-state index is 11.1. The molecule has 0 atom stereocenters. The van der Waals surface area contributed by atoms with Crippen LogP contribution in [0.1, 0.15) is 12.5 Å². The van der Waals surface area contributed by atoms with E-state index in [0.717, 1.165) is 12.0 Å². The maximum Gasteiger partial charge on any atom is 0.269 e. The van der Waals surface area contributed by atoms with Gasteiger partial charge in [-0.2, -0.15) is 0 Å². The molecule has 0 saturated carbocycles. The number of non-ortho nitro benzene ring substituents is 1. The molecule has 0 unspecified atom stereocenters. The van der Waals surface area contributed by atoms with Gasteiger partial charge < -0.3 is 10.6 Å². The van der Waals surface area contributed by atoms with Gasteiger partial charge in [-0.05, 0) is 25.5 Å². The summed E-state index contributed by atoms with van der Waals surface area (Å²) in [6.07, 6.45) is 0.734. The molecule has 6 nitrogen and oxygen atoms in total. The Balaban J connectivity index is 2.27. The Hall–Kier alpha value is -1.95. The first-order valence-corrected chi connectivity index (χ1v) is 5.84. The van der Waals surface area contributed by atoms with E-state index < -0.39 is 4.92 Å². The van der Waals surface area contributed by atoms with E-state index in [0.29, 0.717) is 19.6 Å². The van der Waals surface area contributed by atoms with Gasteiger partial charge in [0.15, 0.2) is 0 Å². The van der Waals surface area contributed by atoms with Crippen LogP contribution < -0.4 is 10.6 Å². The first-order chi connectivity index (χ1) is 8.63. The number of rotatable bonds is 7. The fourth-order valence-electron chi connectivity index (χ4n) is 1.48. The second-order valence-corrected chi connectivity index (χ2v) is 3.80. The lowest BCUT2D eigenvalue weighted by molar-refractivity contribution is -0.384. The van der Waals surface area contributed by atoms with Crippen molar-refractivity contribution < 1.29 is 9.72 Å². The summed E-state index contributed by atoms with van der Waals surface area (Å²) in [5.41, 5.74) is 1.10. The Bertz CT molecular complexity index is 404. The van der Waals surface area contributed by atoms with E-state index in [2.05, 4.69) is 10.6 Å². The Morgan fingerprint density at radius 1 is 1.33 bits per heavy atom. The van der Waals surface area contributed by atoms with Gasteiger partial charge in [-0.1, -0.05) is 12.1 Å². The molecule has 1 aromatic rings. The lowest BCUT2D eigenvalue weighted by atomic mass is 10.1. The minimum Gasteiger partial charge on any atom is -0.355 e. The third-order valence-electron chi connectivity index (χ3n) is 2.40. The number of benzene rings is 1. The molecular formula is C12H17N3O3. The zero-order valence-electron chi connectivity index (χ0n) is 10.3. The average molecular weight is 251 g/mol. The molecule has 0 bridgehead atoms. The zero-order valence-corrected chi connectivity index (χ0v) is 10.3. The van der Waals surface area contributed by atoms with Crippen LogP contribution in [-0.4, -0.2) is 30.5 Å². The molecule has 0 spiro atoms. The van der Waals surface area contributed by atoms with Gasteiger partial charge in [0.25, 0.3) is 5.69 Å². The number of carbonyl (C=O) groups excluding carboxylic acids is 1. The van der Waals surface area contributed by atoms with Gasteiger partial charge in [-0.15, -0.1) is 0 Å². The number of hydrogen-bond donors (Lipinski definition) is 2. The Labute approximate surface area is 106 Å². The van der Waals surface area contributed by atoms with E-state index in [4.69, 9.17) is 0 Å². The van der Waals surface area contributed by atoms with Crippen molar-refractivity contribution in [1.29, 1.82) is 0 Å². The van der Waals surface area contributed by atoms with Gasteiger partial charge in [0.2, 0.25) is 5.91 Å². The van der Waals surface area contributed by atoms with Gasteiger partial charge in [0.1, 0.15) is 0 Å². The number of carbonyl (C=O) groups is 1. The minimum absolute atomic E-state index is 0.0267. The predicted octanol–water partition coefficient (Wildman–Crippen LogP) is 0.863. The van der Waals surface area contributed by atoms with Crippen molar-refractivity contribution in [2.45, 2.75) is 13.3 Å². The molecule has 18 heavy (non-hydrogen) atoms. The summed E-state index contributed by atoms with van der Waals surface area (Å²) < 4.78 is 0. The molecule has 6 heteroatoms. The second kappa shape index (κ2) is 7.39. The zero-order chi connectivity index (χ0) is 13.4. The van der Waals surface area contributed by atoms with Crippen LogP contribution in [0.15, 0.2) is 24.3 Å². The predicted molar refractivity (Wildman–Crippen MR) is 68.4 cm³/mol. The normalized spacial score (nSPS) is 10.1. The topological polar surface area (TPSA) is 84.3 Å². The van der Waals surface area contributed by atoms with Crippen LogP contribution >= 0.6 is 0 Å². The van der Waals surface area contributed by atoms with Crippen LogP contribution in [0.3, 0.4) is 0 Å². The fraction of sp³-hybridized carbons (Fsp3) is 0.417.